The molecule has 0 fully saturated rings. The van der Waals surface area contributed by atoms with E-state index in [4.69, 9.17) is 4.74 Å². The van der Waals surface area contributed by atoms with Crippen molar-refractivity contribution in [1.29, 1.82) is 0 Å². The Hall–Kier alpha value is -2.05. The largest absolute Gasteiger partial charge is 0.497 e. The van der Waals surface area contributed by atoms with E-state index < -0.39 is 0 Å². The predicted octanol–water partition coefficient (Wildman–Crippen LogP) is 4.42. The standard InChI is InChI=1S/C17H16N2O2S2/c1-11(16(20)18-12-6-5-7-13(10-12)21-2)22-17-19-14-8-3-4-9-15(14)23-17/h3-11H,1-2H3,(H,18,20). The number of carbonyl (C=O) groups excluding carboxylic acids is 1. The molecule has 1 aromatic heterocycles. The van der Waals surface area contributed by atoms with Gasteiger partial charge in [-0.3, -0.25) is 4.79 Å². The average molecular weight is 344 g/mol. The second-order valence-electron chi connectivity index (χ2n) is 4.93. The number of aromatic nitrogens is 1. The number of benzene rings is 2. The Morgan fingerprint density at radius 2 is 2.09 bits per heavy atom. The molecule has 1 amide bonds. The monoisotopic (exact) mass is 344 g/mol. The minimum Gasteiger partial charge on any atom is -0.497 e. The highest BCUT2D eigenvalue weighted by molar-refractivity contribution is 8.02. The van der Waals surface area contributed by atoms with Gasteiger partial charge in [-0.2, -0.15) is 0 Å². The van der Waals surface area contributed by atoms with Gasteiger partial charge in [0, 0.05) is 11.8 Å². The van der Waals surface area contributed by atoms with Gasteiger partial charge >= 0.3 is 0 Å². The summed E-state index contributed by atoms with van der Waals surface area (Å²) in [6, 6.07) is 15.3. The van der Waals surface area contributed by atoms with Gasteiger partial charge in [-0.15, -0.1) is 11.3 Å². The number of hydrogen-bond acceptors (Lipinski definition) is 5. The minimum atomic E-state index is -0.234. The van der Waals surface area contributed by atoms with Gasteiger partial charge in [0.25, 0.3) is 0 Å². The maximum absolute atomic E-state index is 12.3. The van der Waals surface area contributed by atoms with Crippen molar-refractivity contribution in [3.63, 3.8) is 0 Å². The molecule has 1 N–H and O–H groups in total. The van der Waals surface area contributed by atoms with E-state index in [2.05, 4.69) is 10.3 Å². The third-order valence-corrected chi connectivity index (χ3v) is 5.49. The number of thiazole rings is 1. The van der Waals surface area contributed by atoms with Crippen molar-refractivity contribution in [3.05, 3.63) is 48.5 Å². The lowest BCUT2D eigenvalue weighted by atomic mass is 10.3. The zero-order valence-corrected chi connectivity index (χ0v) is 14.4. The highest BCUT2D eigenvalue weighted by atomic mass is 32.2. The number of thioether (sulfide) groups is 1. The number of anilines is 1. The molecule has 4 nitrogen and oxygen atoms in total. The SMILES string of the molecule is COc1cccc(NC(=O)C(C)Sc2nc3ccccc3s2)c1. The highest BCUT2D eigenvalue weighted by Crippen LogP contribution is 2.32. The van der Waals surface area contributed by atoms with Gasteiger partial charge in [0.15, 0.2) is 4.34 Å². The maximum atomic E-state index is 12.3. The Morgan fingerprint density at radius 1 is 1.26 bits per heavy atom. The lowest BCUT2D eigenvalue weighted by molar-refractivity contribution is -0.115. The zero-order chi connectivity index (χ0) is 16.2. The normalized spacial score (nSPS) is 12.1. The van der Waals surface area contributed by atoms with Gasteiger partial charge in [0.1, 0.15) is 5.75 Å². The lowest BCUT2D eigenvalue weighted by Gasteiger charge is -2.11. The zero-order valence-electron chi connectivity index (χ0n) is 12.8. The van der Waals surface area contributed by atoms with Gasteiger partial charge < -0.3 is 10.1 Å². The summed E-state index contributed by atoms with van der Waals surface area (Å²) in [6.45, 7) is 1.88. The van der Waals surface area contributed by atoms with Crippen LogP contribution in [-0.4, -0.2) is 23.3 Å². The Bertz CT molecular complexity index is 799. The maximum Gasteiger partial charge on any atom is 0.237 e. The van der Waals surface area contributed by atoms with Crippen molar-refractivity contribution in [2.24, 2.45) is 0 Å². The summed E-state index contributed by atoms with van der Waals surface area (Å²) in [5.74, 6) is 0.664. The van der Waals surface area contributed by atoms with Crippen LogP contribution in [0.4, 0.5) is 5.69 Å². The minimum absolute atomic E-state index is 0.0532. The predicted molar refractivity (Wildman–Crippen MR) is 96.6 cm³/mol. The van der Waals surface area contributed by atoms with E-state index >= 15 is 0 Å². The number of ether oxygens (including phenoxy) is 1. The first-order valence-electron chi connectivity index (χ1n) is 7.13. The molecule has 2 aromatic carbocycles. The van der Waals surface area contributed by atoms with Crippen LogP contribution in [0.1, 0.15) is 6.92 Å². The smallest absolute Gasteiger partial charge is 0.237 e. The summed E-state index contributed by atoms with van der Waals surface area (Å²) in [7, 11) is 1.60. The number of fused-ring (bicyclic) bond motifs is 1. The molecule has 0 saturated carbocycles. The fourth-order valence-corrected chi connectivity index (χ4v) is 4.26. The summed E-state index contributed by atoms with van der Waals surface area (Å²) < 4.78 is 7.20. The van der Waals surface area contributed by atoms with Crippen LogP contribution in [0.3, 0.4) is 0 Å². The van der Waals surface area contributed by atoms with E-state index in [1.165, 1.54) is 11.8 Å². The Morgan fingerprint density at radius 3 is 2.87 bits per heavy atom. The summed E-state index contributed by atoms with van der Waals surface area (Å²) in [5, 5.41) is 2.67. The molecule has 0 bridgehead atoms. The second kappa shape index (κ2) is 7.02. The van der Waals surface area contributed by atoms with Crippen LogP contribution < -0.4 is 10.1 Å². The van der Waals surface area contributed by atoms with Crippen molar-refractivity contribution in [1.82, 2.24) is 4.98 Å². The summed E-state index contributed by atoms with van der Waals surface area (Å²) >= 11 is 3.08. The number of para-hydroxylation sites is 1. The van der Waals surface area contributed by atoms with E-state index in [-0.39, 0.29) is 11.2 Å². The van der Waals surface area contributed by atoms with Crippen LogP contribution in [0, 0.1) is 0 Å². The van der Waals surface area contributed by atoms with Crippen LogP contribution in [0.5, 0.6) is 5.75 Å². The average Bonchev–Trinajstić information content (AvgIpc) is 2.97. The van der Waals surface area contributed by atoms with Gasteiger partial charge in [0.05, 0.1) is 22.6 Å². The molecule has 3 aromatic rings. The van der Waals surface area contributed by atoms with E-state index in [1.807, 2.05) is 49.4 Å². The molecule has 0 aliphatic carbocycles. The van der Waals surface area contributed by atoms with Crippen molar-refractivity contribution < 1.29 is 9.53 Å². The van der Waals surface area contributed by atoms with Crippen LogP contribution >= 0.6 is 23.1 Å². The van der Waals surface area contributed by atoms with Gasteiger partial charge in [0.2, 0.25) is 5.91 Å². The molecule has 1 unspecified atom stereocenters. The fourth-order valence-electron chi connectivity index (χ4n) is 2.05. The number of methoxy groups -OCH3 is 1. The highest BCUT2D eigenvalue weighted by Gasteiger charge is 2.17. The van der Waals surface area contributed by atoms with Gasteiger partial charge in [-0.25, -0.2) is 4.98 Å². The fraction of sp³-hybridized carbons (Fsp3) is 0.176. The second-order valence-corrected chi connectivity index (χ2v) is 7.55. The first-order chi connectivity index (χ1) is 11.2. The molecule has 0 spiro atoms. The van der Waals surface area contributed by atoms with Crippen molar-refractivity contribution in [2.75, 3.05) is 12.4 Å². The first kappa shape index (κ1) is 15.8. The molecule has 118 valence electrons. The van der Waals surface area contributed by atoms with Crippen molar-refractivity contribution in [2.45, 2.75) is 16.5 Å². The van der Waals surface area contributed by atoms with Crippen LogP contribution in [0.2, 0.25) is 0 Å². The van der Waals surface area contributed by atoms with E-state index in [1.54, 1.807) is 24.5 Å². The quantitative estimate of drug-likeness (QED) is 0.696. The van der Waals surface area contributed by atoms with Gasteiger partial charge in [-0.1, -0.05) is 30.0 Å². The molecular formula is C17H16N2O2S2. The van der Waals surface area contributed by atoms with Crippen LogP contribution in [0.15, 0.2) is 52.9 Å². The molecule has 0 aliphatic heterocycles. The number of nitrogens with one attached hydrogen (secondary N) is 1. The van der Waals surface area contributed by atoms with E-state index in [9.17, 15) is 4.79 Å². The molecule has 6 heteroatoms. The van der Waals surface area contributed by atoms with Crippen molar-refractivity contribution in [3.8, 4) is 5.75 Å². The molecular weight excluding hydrogens is 328 g/mol. The summed E-state index contributed by atoms with van der Waals surface area (Å²) in [5.41, 5.74) is 1.70. The number of carbonyl (C=O) groups is 1. The molecule has 0 aliphatic rings. The Kier molecular flexibility index (Phi) is 4.83. The van der Waals surface area contributed by atoms with E-state index in [0.717, 1.165) is 20.2 Å². The van der Waals surface area contributed by atoms with Crippen LogP contribution in [0.25, 0.3) is 10.2 Å². The third kappa shape index (κ3) is 3.83. The van der Waals surface area contributed by atoms with E-state index in [0.29, 0.717) is 5.75 Å². The Balaban J connectivity index is 1.67. The topological polar surface area (TPSA) is 51.2 Å². The molecule has 1 atom stereocenters. The molecule has 3 rings (SSSR count). The molecule has 0 saturated heterocycles. The Labute approximate surface area is 142 Å². The summed E-state index contributed by atoms with van der Waals surface area (Å²) in [4.78, 5) is 16.9. The number of amides is 1. The molecule has 1 heterocycles. The third-order valence-electron chi connectivity index (χ3n) is 3.26. The number of hydrogen-bond donors (Lipinski definition) is 1. The summed E-state index contributed by atoms with van der Waals surface area (Å²) in [6.07, 6.45) is 0. The van der Waals surface area contributed by atoms with Crippen LogP contribution in [-0.2, 0) is 4.79 Å². The number of nitrogens with zero attached hydrogens (tertiary/aromatic N) is 1. The molecule has 0 radical (unpaired) electrons. The number of rotatable bonds is 5. The molecule has 23 heavy (non-hydrogen) atoms. The van der Waals surface area contributed by atoms with Crippen molar-refractivity contribution >= 4 is 44.9 Å². The van der Waals surface area contributed by atoms with Gasteiger partial charge in [-0.05, 0) is 31.2 Å². The first-order valence-corrected chi connectivity index (χ1v) is 8.82. The lowest BCUT2D eigenvalue weighted by Crippen LogP contribution is -2.22.